The van der Waals surface area contributed by atoms with Gasteiger partial charge in [-0.1, -0.05) is 12.1 Å². The van der Waals surface area contributed by atoms with Crippen LogP contribution in [0.2, 0.25) is 0 Å². The van der Waals surface area contributed by atoms with E-state index in [1.807, 2.05) is 0 Å². The summed E-state index contributed by atoms with van der Waals surface area (Å²) >= 11 is 0. The fourth-order valence-corrected chi connectivity index (χ4v) is 2.25. The smallest absolute Gasteiger partial charge is 0.270 e. The summed E-state index contributed by atoms with van der Waals surface area (Å²) in [6, 6.07) is 10.3. The molecule has 0 radical (unpaired) electrons. The van der Waals surface area contributed by atoms with Crippen molar-refractivity contribution in [3.8, 4) is 11.5 Å². The molecular weight excluding hydrogens is 286 g/mol. The van der Waals surface area contributed by atoms with Gasteiger partial charge in [0.15, 0.2) is 5.78 Å². The fourth-order valence-electron chi connectivity index (χ4n) is 2.25. The minimum atomic E-state index is -0.492. The molecule has 110 valence electrons. The molecule has 0 aliphatic carbocycles. The molecule has 6 heteroatoms. The Balaban J connectivity index is 1.98. The molecule has 22 heavy (non-hydrogen) atoms. The molecule has 1 heterocycles. The Labute approximate surface area is 125 Å². The van der Waals surface area contributed by atoms with E-state index in [-0.39, 0.29) is 29.4 Å². The molecule has 0 aromatic heterocycles. The van der Waals surface area contributed by atoms with Gasteiger partial charge < -0.3 is 9.84 Å². The van der Waals surface area contributed by atoms with Gasteiger partial charge in [-0.2, -0.15) is 0 Å². The molecule has 3 rings (SSSR count). The highest BCUT2D eigenvalue weighted by Gasteiger charge is 2.23. The van der Waals surface area contributed by atoms with E-state index in [2.05, 4.69) is 0 Å². The first kappa shape index (κ1) is 13.8. The summed E-state index contributed by atoms with van der Waals surface area (Å²) in [4.78, 5) is 22.7. The molecular formula is C16H11NO5. The average molecular weight is 297 g/mol. The van der Waals surface area contributed by atoms with Crippen LogP contribution in [0.4, 0.5) is 5.69 Å². The highest BCUT2D eigenvalue weighted by atomic mass is 16.6. The van der Waals surface area contributed by atoms with Crippen LogP contribution in [-0.4, -0.2) is 22.4 Å². The normalized spacial score (nSPS) is 15.3. The van der Waals surface area contributed by atoms with Crippen LogP contribution in [0, 0.1) is 10.1 Å². The molecule has 0 atom stereocenters. The van der Waals surface area contributed by atoms with Crippen molar-refractivity contribution in [3.63, 3.8) is 0 Å². The maximum absolute atomic E-state index is 12.4. The van der Waals surface area contributed by atoms with Crippen molar-refractivity contribution in [2.45, 2.75) is 0 Å². The third-order valence-electron chi connectivity index (χ3n) is 3.30. The second-order valence-electron chi connectivity index (χ2n) is 4.82. The van der Waals surface area contributed by atoms with Crippen molar-refractivity contribution in [1.29, 1.82) is 0 Å². The van der Waals surface area contributed by atoms with Crippen molar-refractivity contribution >= 4 is 17.5 Å². The molecule has 0 bridgehead atoms. The van der Waals surface area contributed by atoms with Crippen LogP contribution in [-0.2, 0) is 0 Å². The van der Waals surface area contributed by atoms with E-state index >= 15 is 0 Å². The van der Waals surface area contributed by atoms with Crippen LogP contribution < -0.4 is 4.74 Å². The number of rotatable bonds is 2. The van der Waals surface area contributed by atoms with E-state index in [0.717, 1.165) is 0 Å². The van der Waals surface area contributed by atoms with Crippen molar-refractivity contribution in [2.75, 3.05) is 6.61 Å². The Bertz CT molecular complexity index is 810. The fraction of sp³-hybridized carbons (Fsp3) is 0.0625. The van der Waals surface area contributed by atoms with Crippen molar-refractivity contribution < 1.29 is 19.6 Å². The number of nitro benzene ring substituents is 1. The van der Waals surface area contributed by atoms with Crippen LogP contribution in [0.3, 0.4) is 0 Å². The number of nitro groups is 1. The van der Waals surface area contributed by atoms with Crippen LogP contribution in [0.5, 0.6) is 11.5 Å². The largest absolute Gasteiger partial charge is 0.508 e. The standard InChI is InChI=1S/C16H11NO5/c18-13-4-5-15-14(8-13)16(19)11(9-22-15)6-10-2-1-3-12(7-10)17(20)21/h1-8,18H,9H2/b11-6+. The first-order chi connectivity index (χ1) is 10.5. The van der Waals surface area contributed by atoms with E-state index in [1.165, 1.54) is 30.3 Å². The number of phenolic OH excluding ortho intramolecular Hbond substituents is 1. The van der Waals surface area contributed by atoms with Crippen molar-refractivity contribution in [3.05, 3.63) is 69.3 Å². The van der Waals surface area contributed by atoms with Gasteiger partial charge in [0.25, 0.3) is 5.69 Å². The van der Waals surface area contributed by atoms with Crippen LogP contribution in [0.1, 0.15) is 15.9 Å². The third-order valence-corrected chi connectivity index (χ3v) is 3.30. The Kier molecular flexibility index (Phi) is 3.34. The zero-order chi connectivity index (χ0) is 15.7. The lowest BCUT2D eigenvalue weighted by Crippen LogP contribution is -2.18. The third kappa shape index (κ3) is 2.54. The van der Waals surface area contributed by atoms with Crippen LogP contribution >= 0.6 is 0 Å². The summed E-state index contributed by atoms with van der Waals surface area (Å²) in [7, 11) is 0. The van der Waals surface area contributed by atoms with Gasteiger partial charge in [-0.05, 0) is 29.8 Å². The number of Topliss-reactive ketones (excluding diaryl/α,β-unsaturated/α-hetero) is 1. The predicted octanol–water partition coefficient (Wildman–Crippen LogP) is 2.96. The number of phenols is 1. The Morgan fingerprint density at radius 1 is 1.23 bits per heavy atom. The Hall–Kier alpha value is -3.15. The lowest BCUT2D eigenvalue weighted by atomic mass is 9.98. The van der Waals surface area contributed by atoms with Crippen molar-refractivity contribution in [1.82, 2.24) is 0 Å². The SMILES string of the molecule is O=C1/C(=C/c2cccc([N+](=O)[O-])c2)COc2ccc(O)cc21. The summed E-state index contributed by atoms with van der Waals surface area (Å²) in [5.74, 6) is 0.134. The van der Waals surface area contributed by atoms with E-state index in [9.17, 15) is 20.0 Å². The van der Waals surface area contributed by atoms with E-state index in [4.69, 9.17) is 4.74 Å². The van der Waals surface area contributed by atoms with Gasteiger partial charge >= 0.3 is 0 Å². The zero-order valence-electron chi connectivity index (χ0n) is 11.4. The molecule has 0 saturated carbocycles. The van der Waals surface area contributed by atoms with E-state index in [0.29, 0.717) is 16.9 Å². The lowest BCUT2D eigenvalue weighted by Gasteiger charge is -2.18. The monoisotopic (exact) mass is 297 g/mol. The molecule has 2 aromatic rings. The van der Waals surface area contributed by atoms with E-state index < -0.39 is 4.92 Å². The Morgan fingerprint density at radius 3 is 2.82 bits per heavy atom. The number of nitrogens with zero attached hydrogens (tertiary/aromatic N) is 1. The first-order valence-corrected chi connectivity index (χ1v) is 6.50. The maximum Gasteiger partial charge on any atom is 0.270 e. The Morgan fingerprint density at radius 2 is 2.05 bits per heavy atom. The first-order valence-electron chi connectivity index (χ1n) is 6.50. The number of carbonyl (C=O) groups is 1. The molecule has 1 aliphatic rings. The summed E-state index contributed by atoms with van der Waals surface area (Å²) < 4.78 is 5.48. The number of aromatic hydroxyl groups is 1. The minimum absolute atomic E-state index is 0.0210. The zero-order valence-corrected chi connectivity index (χ0v) is 11.4. The lowest BCUT2D eigenvalue weighted by molar-refractivity contribution is -0.384. The number of carbonyl (C=O) groups excluding carboxylic acids is 1. The average Bonchev–Trinajstić information content (AvgIpc) is 2.51. The van der Waals surface area contributed by atoms with E-state index in [1.54, 1.807) is 18.2 Å². The molecule has 1 aliphatic heterocycles. The number of ketones is 1. The predicted molar refractivity (Wildman–Crippen MR) is 79.0 cm³/mol. The summed E-state index contributed by atoms with van der Waals surface area (Å²) in [5.41, 5.74) is 1.16. The quantitative estimate of drug-likeness (QED) is 0.523. The summed E-state index contributed by atoms with van der Waals surface area (Å²) in [6.07, 6.45) is 1.56. The molecule has 0 unspecified atom stereocenters. The van der Waals surface area contributed by atoms with Gasteiger partial charge in [-0.3, -0.25) is 14.9 Å². The molecule has 2 aromatic carbocycles. The molecule has 0 spiro atoms. The molecule has 0 saturated heterocycles. The number of hydrogen-bond acceptors (Lipinski definition) is 5. The summed E-state index contributed by atoms with van der Waals surface area (Å²) in [6.45, 7) is 0.0826. The number of ether oxygens (including phenoxy) is 1. The highest BCUT2D eigenvalue weighted by molar-refractivity contribution is 6.14. The molecule has 0 amide bonds. The second-order valence-corrected chi connectivity index (χ2v) is 4.82. The molecule has 6 nitrogen and oxygen atoms in total. The number of non-ortho nitro benzene ring substituents is 1. The number of hydrogen-bond donors (Lipinski definition) is 1. The second kappa shape index (κ2) is 5.33. The van der Waals surface area contributed by atoms with Crippen LogP contribution in [0.25, 0.3) is 6.08 Å². The van der Waals surface area contributed by atoms with Gasteiger partial charge in [0.2, 0.25) is 0 Å². The number of fused-ring (bicyclic) bond motifs is 1. The minimum Gasteiger partial charge on any atom is -0.508 e. The van der Waals surface area contributed by atoms with Crippen LogP contribution in [0.15, 0.2) is 48.0 Å². The molecule has 0 fully saturated rings. The maximum atomic E-state index is 12.4. The van der Waals surface area contributed by atoms with Crippen molar-refractivity contribution in [2.24, 2.45) is 0 Å². The van der Waals surface area contributed by atoms with Gasteiger partial charge in [0, 0.05) is 17.7 Å². The van der Waals surface area contributed by atoms with Gasteiger partial charge in [-0.25, -0.2) is 0 Å². The number of benzene rings is 2. The topological polar surface area (TPSA) is 89.7 Å². The van der Waals surface area contributed by atoms with Gasteiger partial charge in [0.05, 0.1) is 10.5 Å². The van der Waals surface area contributed by atoms with Gasteiger partial charge in [0.1, 0.15) is 18.1 Å². The van der Waals surface area contributed by atoms with Gasteiger partial charge in [-0.15, -0.1) is 0 Å². The highest BCUT2D eigenvalue weighted by Crippen LogP contribution is 2.31. The molecule has 1 N–H and O–H groups in total. The summed E-state index contributed by atoms with van der Waals surface area (Å²) in [5, 5.41) is 20.3.